The molecule has 1 aliphatic carbocycles. The Labute approximate surface area is 207 Å². The Balaban J connectivity index is 1.19. The maximum atomic E-state index is 13.4. The monoisotopic (exact) mass is 489 g/mol. The first-order valence-electron chi connectivity index (χ1n) is 12.0. The predicted octanol–water partition coefficient (Wildman–Crippen LogP) is 5.66. The third kappa shape index (κ3) is 4.49. The van der Waals surface area contributed by atoms with Crippen molar-refractivity contribution in [1.82, 2.24) is 24.6 Å². The highest BCUT2D eigenvalue weighted by Gasteiger charge is 2.32. The lowest BCUT2D eigenvalue weighted by atomic mass is 10.0. The molecule has 0 spiro atoms. The smallest absolute Gasteiger partial charge is 0.233 e. The Kier molecular flexibility index (Phi) is 6.09. The lowest BCUT2D eigenvalue weighted by Gasteiger charge is -2.34. The number of likely N-dealkylation sites (tertiary alicyclic amines) is 1. The lowest BCUT2D eigenvalue weighted by molar-refractivity contribution is -0.132. The zero-order valence-corrected chi connectivity index (χ0v) is 20.6. The van der Waals surface area contributed by atoms with Crippen LogP contribution < -0.4 is 0 Å². The van der Waals surface area contributed by atoms with Gasteiger partial charge in [-0.15, -0.1) is 21.5 Å². The summed E-state index contributed by atoms with van der Waals surface area (Å²) in [5.74, 6) is 2.10. The van der Waals surface area contributed by atoms with Crippen molar-refractivity contribution in [3.63, 3.8) is 0 Å². The fourth-order valence-corrected chi connectivity index (χ4v) is 6.64. The van der Waals surface area contributed by atoms with Crippen molar-refractivity contribution in [2.45, 2.75) is 55.8 Å². The standard InChI is InChI=1S/C26H27N5OS2/c32-23(30-15-7-6-11-21(30)25-27-20-10-4-5-12-22(20)34-25)17-33-26-29-28-24(19-13-14-19)31(26)16-18-8-2-1-3-9-18/h1-5,8-10,12,19,21H,6-7,11,13-17H2. The van der Waals surface area contributed by atoms with Gasteiger partial charge in [0.15, 0.2) is 5.16 Å². The van der Waals surface area contributed by atoms with Crippen molar-refractivity contribution in [3.8, 4) is 0 Å². The molecule has 3 heterocycles. The second-order valence-corrected chi connectivity index (χ2v) is 11.1. The molecule has 8 heteroatoms. The zero-order valence-electron chi connectivity index (χ0n) is 19.0. The molecule has 174 valence electrons. The maximum Gasteiger partial charge on any atom is 0.233 e. The summed E-state index contributed by atoms with van der Waals surface area (Å²) in [6, 6.07) is 18.7. The second kappa shape index (κ2) is 9.50. The minimum atomic E-state index is 0.0727. The van der Waals surface area contributed by atoms with Crippen LogP contribution in [-0.2, 0) is 11.3 Å². The van der Waals surface area contributed by atoms with Crippen LogP contribution in [0.15, 0.2) is 59.8 Å². The minimum Gasteiger partial charge on any atom is -0.332 e. The van der Waals surface area contributed by atoms with Crippen LogP contribution >= 0.6 is 23.1 Å². The molecule has 2 aromatic carbocycles. The largest absolute Gasteiger partial charge is 0.332 e. The van der Waals surface area contributed by atoms with E-state index < -0.39 is 0 Å². The van der Waals surface area contributed by atoms with E-state index in [-0.39, 0.29) is 11.9 Å². The van der Waals surface area contributed by atoms with E-state index in [9.17, 15) is 4.79 Å². The highest BCUT2D eigenvalue weighted by molar-refractivity contribution is 7.99. The molecule has 2 fully saturated rings. The molecule has 2 aliphatic rings. The van der Waals surface area contributed by atoms with Gasteiger partial charge in [0.25, 0.3) is 0 Å². The molecule has 1 amide bonds. The summed E-state index contributed by atoms with van der Waals surface area (Å²) in [4.78, 5) is 20.3. The van der Waals surface area contributed by atoms with E-state index in [1.54, 1.807) is 11.3 Å². The summed E-state index contributed by atoms with van der Waals surface area (Å²) in [5, 5.41) is 10.9. The van der Waals surface area contributed by atoms with Gasteiger partial charge in [-0.05, 0) is 49.8 Å². The molecule has 1 aliphatic heterocycles. The summed E-state index contributed by atoms with van der Waals surface area (Å²) in [6.45, 7) is 1.54. The first-order valence-corrected chi connectivity index (χ1v) is 13.8. The molecule has 2 aromatic heterocycles. The summed E-state index contributed by atoms with van der Waals surface area (Å²) >= 11 is 3.24. The number of piperidine rings is 1. The second-order valence-electron chi connectivity index (χ2n) is 9.09. The molecule has 1 unspecified atom stereocenters. The van der Waals surface area contributed by atoms with Gasteiger partial charge in [0.2, 0.25) is 5.91 Å². The molecule has 1 saturated carbocycles. The average molecular weight is 490 g/mol. The van der Waals surface area contributed by atoms with Crippen LogP contribution in [0.4, 0.5) is 0 Å². The number of benzene rings is 2. The van der Waals surface area contributed by atoms with Crippen LogP contribution in [0.2, 0.25) is 0 Å². The molecule has 0 N–H and O–H groups in total. The number of rotatable bonds is 7. The van der Waals surface area contributed by atoms with Crippen LogP contribution in [-0.4, -0.2) is 42.9 Å². The van der Waals surface area contributed by atoms with Gasteiger partial charge < -0.3 is 9.47 Å². The number of fused-ring (bicyclic) bond motifs is 1. The fraction of sp³-hybridized carbons (Fsp3) is 0.385. The molecule has 0 bridgehead atoms. The maximum absolute atomic E-state index is 13.4. The van der Waals surface area contributed by atoms with Gasteiger partial charge in [-0.1, -0.05) is 54.2 Å². The van der Waals surface area contributed by atoms with Gasteiger partial charge in [0.05, 0.1) is 28.6 Å². The van der Waals surface area contributed by atoms with Gasteiger partial charge in [0.1, 0.15) is 10.8 Å². The van der Waals surface area contributed by atoms with Gasteiger partial charge >= 0.3 is 0 Å². The molecule has 1 saturated heterocycles. The van der Waals surface area contributed by atoms with Crippen molar-refractivity contribution in [2.75, 3.05) is 12.3 Å². The molecular weight excluding hydrogens is 462 g/mol. The molecule has 34 heavy (non-hydrogen) atoms. The SMILES string of the molecule is O=C(CSc1nnc(C2CC2)n1Cc1ccccc1)N1CCCCC1c1nc2ccccc2s1. The first kappa shape index (κ1) is 21.8. The topological polar surface area (TPSA) is 63.9 Å². The first-order chi connectivity index (χ1) is 16.8. The van der Waals surface area contributed by atoms with Crippen molar-refractivity contribution in [3.05, 3.63) is 71.0 Å². The number of thioether (sulfide) groups is 1. The van der Waals surface area contributed by atoms with Crippen molar-refractivity contribution >= 4 is 39.2 Å². The summed E-state index contributed by atoms with van der Waals surface area (Å²) < 4.78 is 3.40. The Bertz CT molecular complexity index is 1260. The highest BCUT2D eigenvalue weighted by atomic mass is 32.2. The van der Waals surface area contributed by atoms with E-state index in [4.69, 9.17) is 4.98 Å². The van der Waals surface area contributed by atoms with Gasteiger partial charge in [-0.25, -0.2) is 4.98 Å². The molecule has 6 rings (SSSR count). The van der Waals surface area contributed by atoms with Gasteiger partial charge in [0, 0.05) is 12.5 Å². The number of hydrogen-bond acceptors (Lipinski definition) is 6. The van der Waals surface area contributed by atoms with E-state index in [0.29, 0.717) is 11.7 Å². The van der Waals surface area contributed by atoms with E-state index >= 15 is 0 Å². The molecule has 6 nitrogen and oxygen atoms in total. The quantitative estimate of drug-likeness (QED) is 0.314. The van der Waals surface area contributed by atoms with Crippen molar-refractivity contribution in [1.29, 1.82) is 0 Å². The molecular formula is C26H27N5OS2. The summed E-state index contributed by atoms with van der Waals surface area (Å²) in [7, 11) is 0. The Hall–Kier alpha value is -2.71. The molecule has 0 radical (unpaired) electrons. The summed E-state index contributed by atoms with van der Waals surface area (Å²) in [6.07, 6.45) is 5.51. The Morgan fingerprint density at radius 1 is 1.00 bits per heavy atom. The Morgan fingerprint density at radius 2 is 1.82 bits per heavy atom. The lowest BCUT2D eigenvalue weighted by Crippen LogP contribution is -2.39. The Morgan fingerprint density at radius 3 is 2.65 bits per heavy atom. The zero-order chi connectivity index (χ0) is 22.9. The van der Waals surface area contributed by atoms with Crippen molar-refractivity contribution in [2.24, 2.45) is 0 Å². The van der Waals surface area contributed by atoms with E-state index in [1.165, 1.54) is 34.9 Å². The third-order valence-electron chi connectivity index (χ3n) is 6.61. The van der Waals surface area contributed by atoms with Crippen molar-refractivity contribution < 1.29 is 4.79 Å². The number of thiazole rings is 1. The van der Waals surface area contributed by atoms with Crippen LogP contribution in [0.1, 0.15) is 60.5 Å². The number of carbonyl (C=O) groups is 1. The molecule has 4 aromatic rings. The average Bonchev–Trinajstić information content (AvgIpc) is 3.50. The number of hydrogen-bond donors (Lipinski definition) is 0. The number of carbonyl (C=O) groups excluding carboxylic acids is 1. The van der Waals surface area contributed by atoms with Gasteiger partial charge in [-0.2, -0.15) is 0 Å². The normalized spacial score (nSPS) is 18.5. The number of aromatic nitrogens is 4. The number of amides is 1. The van der Waals surface area contributed by atoms with E-state index in [0.717, 1.165) is 53.9 Å². The fourth-order valence-electron chi connectivity index (χ4n) is 4.69. The molecule has 1 atom stereocenters. The van der Waals surface area contributed by atoms with Gasteiger partial charge in [-0.3, -0.25) is 4.79 Å². The van der Waals surface area contributed by atoms with Crippen LogP contribution in [0.25, 0.3) is 10.2 Å². The highest BCUT2D eigenvalue weighted by Crippen LogP contribution is 2.40. The minimum absolute atomic E-state index is 0.0727. The van der Waals surface area contributed by atoms with E-state index in [2.05, 4.69) is 51.2 Å². The number of para-hydroxylation sites is 1. The summed E-state index contributed by atoms with van der Waals surface area (Å²) in [5.41, 5.74) is 2.25. The third-order valence-corrected chi connectivity index (χ3v) is 8.70. The van der Waals surface area contributed by atoms with Crippen LogP contribution in [0, 0.1) is 0 Å². The van der Waals surface area contributed by atoms with E-state index in [1.807, 2.05) is 23.1 Å². The predicted molar refractivity (Wildman–Crippen MR) is 136 cm³/mol. The number of nitrogens with zero attached hydrogens (tertiary/aromatic N) is 5. The van der Waals surface area contributed by atoms with Crippen LogP contribution in [0.3, 0.4) is 0 Å². The van der Waals surface area contributed by atoms with Crippen LogP contribution in [0.5, 0.6) is 0 Å².